The first-order chi connectivity index (χ1) is 11.6. The first-order valence-electron chi connectivity index (χ1n) is 7.99. The maximum absolute atomic E-state index is 12.6. The van der Waals surface area contributed by atoms with Crippen molar-refractivity contribution in [1.82, 2.24) is 14.7 Å². The fourth-order valence-electron chi connectivity index (χ4n) is 3.15. The van der Waals surface area contributed by atoms with E-state index in [4.69, 9.17) is 4.74 Å². The highest BCUT2D eigenvalue weighted by Crippen LogP contribution is 2.36. The molecule has 0 aliphatic carbocycles. The van der Waals surface area contributed by atoms with E-state index in [2.05, 4.69) is 5.10 Å². The van der Waals surface area contributed by atoms with Gasteiger partial charge in [0.2, 0.25) is 5.91 Å². The van der Waals surface area contributed by atoms with Gasteiger partial charge in [0.1, 0.15) is 0 Å². The van der Waals surface area contributed by atoms with Gasteiger partial charge < -0.3 is 9.64 Å². The molecule has 0 bridgehead atoms. The SMILES string of the molecule is CN1C(=O)CCC(C(=O)OCCc2cccs2)C1c1cnn(C)c1. The van der Waals surface area contributed by atoms with E-state index in [1.807, 2.05) is 30.8 Å². The summed E-state index contributed by atoms with van der Waals surface area (Å²) in [6.45, 7) is 0.368. The van der Waals surface area contributed by atoms with Crippen LogP contribution in [0.4, 0.5) is 0 Å². The molecule has 1 aliphatic heterocycles. The van der Waals surface area contributed by atoms with Crippen LogP contribution in [-0.4, -0.2) is 40.2 Å². The molecule has 1 aliphatic rings. The van der Waals surface area contributed by atoms with Crippen LogP contribution in [0.1, 0.15) is 29.3 Å². The molecule has 6 nitrogen and oxygen atoms in total. The molecule has 2 atom stereocenters. The van der Waals surface area contributed by atoms with E-state index >= 15 is 0 Å². The van der Waals surface area contributed by atoms with Crippen LogP contribution in [0.25, 0.3) is 0 Å². The molecule has 2 aromatic rings. The Morgan fingerprint density at radius 2 is 2.29 bits per heavy atom. The third-order valence-electron chi connectivity index (χ3n) is 4.40. The second kappa shape index (κ2) is 7.17. The molecule has 0 N–H and O–H groups in total. The number of nitrogens with zero attached hydrogens (tertiary/aromatic N) is 3. The van der Waals surface area contributed by atoms with Crippen LogP contribution in [-0.2, 0) is 27.8 Å². The topological polar surface area (TPSA) is 64.4 Å². The van der Waals surface area contributed by atoms with Gasteiger partial charge in [0, 0.05) is 43.6 Å². The molecule has 24 heavy (non-hydrogen) atoms. The third-order valence-corrected chi connectivity index (χ3v) is 5.34. The number of esters is 1. The summed E-state index contributed by atoms with van der Waals surface area (Å²) in [5.41, 5.74) is 0.869. The number of hydrogen-bond donors (Lipinski definition) is 0. The number of aryl methyl sites for hydroxylation is 1. The summed E-state index contributed by atoms with van der Waals surface area (Å²) in [7, 11) is 3.56. The van der Waals surface area contributed by atoms with Gasteiger partial charge in [0.25, 0.3) is 0 Å². The summed E-state index contributed by atoms with van der Waals surface area (Å²) in [5.74, 6) is -0.536. The van der Waals surface area contributed by atoms with Crippen LogP contribution in [0.2, 0.25) is 0 Å². The Morgan fingerprint density at radius 3 is 2.96 bits per heavy atom. The van der Waals surface area contributed by atoms with Crippen LogP contribution in [0.3, 0.4) is 0 Å². The van der Waals surface area contributed by atoms with Gasteiger partial charge >= 0.3 is 5.97 Å². The normalized spacial score (nSPS) is 21.1. The number of rotatable bonds is 5. The van der Waals surface area contributed by atoms with Crippen molar-refractivity contribution in [2.75, 3.05) is 13.7 Å². The van der Waals surface area contributed by atoms with Crippen LogP contribution < -0.4 is 0 Å². The predicted molar refractivity (Wildman–Crippen MR) is 90.4 cm³/mol. The fraction of sp³-hybridized carbons (Fsp3) is 0.471. The van der Waals surface area contributed by atoms with Crippen molar-refractivity contribution in [3.8, 4) is 0 Å². The van der Waals surface area contributed by atoms with Crippen LogP contribution in [0, 0.1) is 5.92 Å². The van der Waals surface area contributed by atoms with Crippen molar-refractivity contribution in [2.45, 2.75) is 25.3 Å². The average Bonchev–Trinajstić information content (AvgIpc) is 3.21. The van der Waals surface area contributed by atoms with Crippen molar-refractivity contribution >= 4 is 23.2 Å². The summed E-state index contributed by atoms with van der Waals surface area (Å²) in [4.78, 5) is 27.5. The molecule has 1 fully saturated rings. The van der Waals surface area contributed by atoms with Gasteiger partial charge in [-0.1, -0.05) is 6.07 Å². The van der Waals surface area contributed by atoms with E-state index < -0.39 is 0 Å². The van der Waals surface area contributed by atoms with Crippen molar-refractivity contribution in [3.63, 3.8) is 0 Å². The zero-order valence-corrected chi connectivity index (χ0v) is 14.7. The number of ether oxygens (including phenoxy) is 1. The lowest BCUT2D eigenvalue weighted by molar-refractivity contribution is -0.156. The van der Waals surface area contributed by atoms with E-state index in [0.717, 1.165) is 12.0 Å². The summed E-state index contributed by atoms with van der Waals surface area (Å²) in [6.07, 6.45) is 5.18. The lowest BCUT2D eigenvalue weighted by Crippen LogP contribution is -2.43. The number of hydrogen-bond acceptors (Lipinski definition) is 5. The summed E-state index contributed by atoms with van der Waals surface area (Å²) < 4.78 is 7.18. The van der Waals surface area contributed by atoms with Crippen LogP contribution in [0.15, 0.2) is 29.9 Å². The Balaban J connectivity index is 1.68. The Bertz CT molecular complexity index is 710. The lowest BCUT2D eigenvalue weighted by Gasteiger charge is -2.37. The second-order valence-electron chi connectivity index (χ2n) is 6.04. The number of carbonyl (C=O) groups is 2. The largest absolute Gasteiger partial charge is 0.465 e. The Morgan fingerprint density at radius 1 is 1.46 bits per heavy atom. The molecular formula is C17H21N3O3S. The Hall–Kier alpha value is -2.15. The molecular weight excluding hydrogens is 326 g/mol. The molecule has 1 amide bonds. The highest BCUT2D eigenvalue weighted by Gasteiger charge is 2.40. The highest BCUT2D eigenvalue weighted by atomic mass is 32.1. The maximum Gasteiger partial charge on any atom is 0.311 e. The smallest absolute Gasteiger partial charge is 0.311 e. The molecule has 3 heterocycles. The van der Waals surface area contributed by atoms with Gasteiger partial charge in [-0.15, -0.1) is 11.3 Å². The van der Waals surface area contributed by atoms with Gasteiger partial charge in [-0.05, 0) is 17.9 Å². The third kappa shape index (κ3) is 3.51. The van der Waals surface area contributed by atoms with Crippen LogP contribution in [0.5, 0.6) is 0 Å². The van der Waals surface area contributed by atoms with E-state index in [-0.39, 0.29) is 23.8 Å². The van der Waals surface area contributed by atoms with E-state index in [9.17, 15) is 9.59 Å². The molecule has 0 spiro atoms. The van der Waals surface area contributed by atoms with E-state index in [1.54, 1.807) is 34.2 Å². The molecule has 0 aromatic carbocycles. The minimum absolute atomic E-state index is 0.0477. The highest BCUT2D eigenvalue weighted by molar-refractivity contribution is 7.09. The van der Waals surface area contributed by atoms with Crippen molar-refractivity contribution in [1.29, 1.82) is 0 Å². The number of thiophene rings is 1. The molecule has 0 saturated carbocycles. The molecule has 128 valence electrons. The number of amides is 1. The summed E-state index contributed by atoms with van der Waals surface area (Å²) in [5, 5.41) is 6.18. The summed E-state index contributed by atoms with van der Waals surface area (Å²) in [6, 6.07) is 3.71. The van der Waals surface area contributed by atoms with E-state index in [1.165, 1.54) is 4.88 Å². The zero-order chi connectivity index (χ0) is 17.1. The first-order valence-corrected chi connectivity index (χ1v) is 8.87. The second-order valence-corrected chi connectivity index (χ2v) is 7.07. The molecule has 2 unspecified atom stereocenters. The molecule has 3 rings (SSSR count). The molecule has 2 aromatic heterocycles. The monoisotopic (exact) mass is 347 g/mol. The fourth-order valence-corrected chi connectivity index (χ4v) is 3.84. The average molecular weight is 347 g/mol. The molecule has 0 radical (unpaired) electrons. The standard InChI is InChI=1S/C17H21N3O3S/c1-19-11-12(10-18-19)16-14(5-6-15(21)20(16)2)17(22)23-8-7-13-4-3-9-24-13/h3-4,9-11,14,16H,5-8H2,1-2H3. The molecule has 7 heteroatoms. The number of aromatic nitrogens is 2. The van der Waals surface area contributed by atoms with E-state index in [0.29, 0.717) is 19.4 Å². The Kier molecular flexibility index (Phi) is 4.99. The minimum atomic E-state index is -0.347. The van der Waals surface area contributed by atoms with Gasteiger partial charge in [-0.3, -0.25) is 14.3 Å². The van der Waals surface area contributed by atoms with Gasteiger partial charge in [0.05, 0.1) is 24.8 Å². The van der Waals surface area contributed by atoms with Crippen molar-refractivity contribution < 1.29 is 14.3 Å². The van der Waals surface area contributed by atoms with Gasteiger partial charge in [0.15, 0.2) is 0 Å². The Labute approximate surface area is 145 Å². The quantitative estimate of drug-likeness (QED) is 0.778. The maximum atomic E-state index is 12.6. The van der Waals surface area contributed by atoms with Gasteiger partial charge in [-0.2, -0.15) is 5.10 Å². The number of piperidine rings is 1. The van der Waals surface area contributed by atoms with Crippen LogP contribution >= 0.6 is 11.3 Å². The van der Waals surface area contributed by atoms with Gasteiger partial charge in [-0.25, -0.2) is 0 Å². The lowest BCUT2D eigenvalue weighted by atomic mass is 9.86. The van der Waals surface area contributed by atoms with Crippen molar-refractivity contribution in [2.24, 2.45) is 13.0 Å². The number of carbonyl (C=O) groups excluding carboxylic acids is 2. The number of likely N-dealkylation sites (tertiary alicyclic amines) is 1. The van der Waals surface area contributed by atoms with Crippen molar-refractivity contribution in [3.05, 3.63) is 40.3 Å². The summed E-state index contributed by atoms with van der Waals surface area (Å²) >= 11 is 1.66. The zero-order valence-electron chi connectivity index (χ0n) is 13.8. The predicted octanol–water partition coefficient (Wildman–Crippen LogP) is 2.18. The minimum Gasteiger partial charge on any atom is -0.465 e. The first kappa shape index (κ1) is 16.7. The molecule has 1 saturated heterocycles.